The number of aryl methyl sites for hydroxylation is 1. The van der Waals surface area contributed by atoms with Crippen LogP contribution in [-0.4, -0.2) is 25.7 Å². The van der Waals surface area contributed by atoms with Crippen molar-refractivity contribution >= 4 is 18.1 Å². The van der Waals surface area contributed by atoms with E-state index in [1.165, 1.54) is 12.1 Å². The second-order valence-electron chi connectivity index (χ2n) is 6.08. The van der Waals surface area contributed by atoms with E-state index in [0.717, 1.165) is 18.7 Å². The lowest BCUT2D eigenvalue weighted by atomic mass is 10.2. The second-order valence-corrected chi connectivity index (χ2v) is 6.47. The number of benzene rings is 1. The zero-order valence-electron chi connectivity index (χ0n) is 15.3. The van der Waals surface area contributed by atoms with Crippen LogP contribution in [0.15, 0.2) is 42.6 Å². The third-order valence-electron chi connectivity index (χ3n) is 3.95. The van der Waals surface area contributed by atoms with E-state index in [4.69, 9.17) is 17.0 Å². The first-order chi connectivity index (χ1) is 13.6. The Morgan fingerprint density at radius 3 is 3.00 bits per heavy atom. The molecule has 0 unspecified atom stereocenters. The Bertz CT molecular complexity index is 1020. The number of halogens is 1. The van der Waals surface area contributed by atoms with Crippen molar-refractivity contribution in [3.8, 4) is 11.6 Å². The summed E-state index contributed by atoms with van der Waals surface area (Å²) in [7, 11) is 0. The van der Waals surface area contributed by atoms with Crippen LogP contribution in [-0.2, 0) is 24.3 Å². The molecule has 1 amide bonds. The van der Waals surface area contributed by atoms with Gasteiger partial charge in [-0.3, -0.25) is 14.5 Å². The molecule has 0 saturated carbocycles. The van der Waals surface area contributed by atoms with Crippen molar-refractivity contribution < 1.29 is 13.9 Å². The van der Waals surface area contributed by atoms with Crippen LogP contribution in [0.4, 0.5) is 4.39 Å². The van der Waals surface area contributed by atoms with Crippen LogP contribution in [0.2, 0.25) is 0 Å². The summed E-state index contributed by atoms with van der Waals surface area (Å²) < 4.78 is 21.1. The molecule has 0 radical (unpaired) electrons. The molecule has 2 N–H and O–H groups in total. The van der Waals surface area contributed by atoms with Crippen LogP contribution >= 0.6 is 12.2 Å². The molecule has 0 spiro atoms. The van der Waals surface area contributed by atoms with Crippen molar-refractivity contribution in [3.05, 3.63) is 64.6 Å². The molecule has 0 fully saturated rings. The highest BCUT2D eigenvalue weighted by Gasteiger charge is 2.12. The zero-order chi connectivity index (χ0) is 19.9. The lowest BCUT2D eigenvalue weighted by Gasteiger charge is -2.11. The van der Waals surface area contributed by atoms with Gasteiger partial charge < -0.3 is 10.1 Å². The molecule has 3 rings (SSSR count). The van der Waals surface area contributed by atoms with Crippen LogP contribution in [0.1, 0.15) is 24.7 Å². The summed E-state index contributed by atoms with van der Waals surface area (Å²) in [5.74, 6) is 0.776. The first kappa shape index (κ1) is 19.7. The van der Waals surface area contributed by atoms with Crippen LogP contribution in [0.25, 0.3) is 0 Å². The maximum Gasteiger partial charge on any atom is 0.240 e. The number of aromatic amines is 1. The van der Waals surface area contributed by atoms with Crippen molar-refractivity contribution in [2.24, 2.45) is 0 Å². The molecule has 0 atom stereocenters. The van der Waals surface area contributed by atoms with Crippen LogP contribution in [0.3, 0.4) is 0 Å². The molecule has 0 aliphatic carbocycles. The second kappa shape index (κ2) is 9.23. The molecule has 1 aromatic carbocycles. The van der Waals surface area contributed by atoms with Crippen molar-refractivity contribution in [2.45, 2.75) is 32.9 Å². The standard InChI is InChI=1S/C19H20FN5O2S/c1-2-5-16-23-24-19(28)25(16)12-17(26)22-11-13-6-4-9-21-18(13)27-15-8-3-7-14(20)10-15/h3-4,6-10H,2,5,11-12H2,1H3,(H,22,26)(H,24,28). The first-order valence-corrected chi connectivity index (χ1v) is 9.25. The summed E-state index contributed by atoms with van der Waals surface area (Å²) in [4.78, 5) is 16.6. The van der Waals surface area contributed by atoms with Crippen molar-refractivity contribution in [2.75, 3.05) is 0 Å². The minimum atomic E-state index is -0.400. The number of H-pyrrole nitrogens is 1. The molecule has 2 aromatic heterocycles. The van der Waals surface area contributed by atoms with E-state index in [1.807, 2.05) is 6.92 Å². The fraction of sp³-hybridized carbons (Fsp3) is 0.263. The van der Waals surface area contributed by atoms with E-state index in [0.29, 0.717) is 22.0 Å². The molecule has 0 aliphatic heterocycles. The van der Waals surface area contributed by atoms with Crippen LogP contribution in [0.5, 0.6) is 11.6 Å². The lowest BCUT2D eigenvalue weighted by molar-refractivity contribution is -0.121. The fourth-order valence-corrected chi connectivity index (χ4v) is 2.83. The number of nitrogens with zero attached hydrogens (tertiary/aromatic N) is 3. The quantitative estimate of drug-likeness (QED) is 0.564. The van der Waals surface area contributed by atoms with E-state index in [2.05, 4.69) is 20.5 Å². The molecular weight excluding hydrogens is 381 g/mol. The highest BCUT2D eigenvalue weighted by Crippen LogP contribution is 2.23. The number of amides is 1. The van der Waals surface area contributed by atoms with E-state index >= 15 is 0 Å². The highest BCUT2D eigenvalue weighted by molar-refractivity contribution is 7.71. The fourth-order valence-electron chi connectivity index (χ4n) is 2.61. The van der Waals surface area contributed by atoms with Gasteiger partial charge in [-0.25, -0.2) is 9.37 Å². The number of nitrogens with one attached hydrogen (secondary N) is 2. The molecule has 3 aromatic rings. The van der Waals surface area contributed by atoms with Gasteiger partial charge >= 0.3 is 0 Å². The van der Waals surface area contributed by atoms with Crippen molar-refractivity contribution in [1.82, 2.24) is 25.1 Å². The van der Waals surface area contributed by atoms with Gasteiger partial charge in [0, 0.05) is 30.8 Å². The topological polar surface area (TPSA) is 84.8 Å². The molecular formula is C19H20FN5O2S. The number of aromatic nitrogens is 4. The summed E-state index contributed by atoms with van der Waals surface area (Å²) in [5, 5.41) is 9.70. The molecule has 0 bridgehead atoms. The minimum absolute atomic E-state index is 0.0744. The van der Waals surface area contributed by atoms with Crippen molar-refractivity contribution in [1.29, 1.82) is 0 Å². The van der Waals surface area contributed by atoms with Gasteiger partial charge in [0.1, 0.15) is 23.9 Å². The maximum absolute atomic E-state index is 13.3. The average molecular weight is 401 g/mol. The lowest BCUT2D eigenvalue weighted by Crippen LogP contribution is -2.28. The summed E-state index contributed by atoms with van der Waals surface area (Å²) in [5.41, 5.74) is 0.671. The number of carbonyl (C=O) groups excluding carboxylic acids is 1. The predicted octanol–water partition coefficient (Wildman–Crippen LogP) is 3.54. The molecule has 0 aliphatic rings. The van der Waals surface area contributed by atoms with Gasteiger partial charge in [-0.2, -0.15) is 5.10 Å². The Kier molecular flexibility index (Phi) is 6.49. The third-order valence-corrected chi connectivity index (χ3v) is 4.26. The van der Waals surface area contributed by atoms with Crippen molar-refractivity contribution in [3.63, 3.8) is 0 Å². The number of hydrogen-bond donors (Lipinski definition) is 2. The Morgan fingerprint density at radius 2 is 2.21 bits per heavy atom. The monoisotopic (exact) mass is 401 g/mol. The molecule has 7 nitrogen and oxygen atoms in total. The van der Waals surface area contributed by atoms with Crippen LogP contribution in [0, 0.1) is 10.6 Å². The smallest absolute Gasteiger partial charge is 0.240 e. The Morgan fingerprint density at radius 1 is 1.36 bits per heavy atom. The maximum atomic E-state index is 13.3. The molecule has 9 heteroatoms. The van der Waals surface area contributed by atoms with E-state index in [9.17, 15) is 9.18 Å². The summed E-state index contributed by atoms with van der Waals surface area (Å²) in [6.45, 7) is 2.32. The number of hydrogen-bond acceptors (Lipinski definition) is 5. The first-order valence-electron chi connectivity index (χ1n) is 8.85. The van der Waals surface area contributed by atoms with Gasteiger partial charge in [-0.1, -0.05) is 19.1 Å². The van der Waals surface area contributed by atoms with E-state index < -0.39 is 5.82 Å². The van der Waals surface area contributed by atoms with E-state index in [1.54, 1.807) is 35.0 Å². The Balaban J connectivity index is 1.66. The van der Waals surface area contributed by atoms with Crippen LogP contribution < -0.4 is 10.1 Å². The normalized spacial score (nSPS) is 10.6. The van der Waals surface area contributed by atoms with Gasteiger partial charge in [0.25, 0.3) is 0 Å². The average Bonchev–Trinajstić information content (AvgIpc) is 3.01. The van der Waals surface area contributed by atoms with Gasteiger partial charge in [-0.05, 0) is 36.8 Å². The SMILES string of the molecule is CCCc1n[nH]c(=S)n1CC(=O)NCc1cccnc1Oc1cccc(F)c1. The Labute approximate surface area is 166 Å². The minimum Gasteiger partial charge on any atom is -0.439 e. The summed E-state index contributed by atoms with van der Waals surface area (Å²) in [6.07, 6.45) is 3.20. The molecule has 2 heterocycles. The number of rotatable bonds is 8. The zero-order valence-corrected chi connectivity index (χ0v) is 16.1. The highest BCUT2D eigenvalue weighted by atomic mass is 32.1. The molecule has 28 heavy (non-hydrogen) atoms. The Hall–Kier alpha value is -3.07. The predicted molar refractivity (Wildman–Crippen MR) is 104 cm³/mol. The number of carbonyl (C=O) groups is 1. The van der Waals surface area contributed by atoms with Gasteiger partial charge in [0.2, 0.25) is 11.8 Å². The largest absolute Gasteiger partial charge is 0.439 e. The summed E-state index contributed by atoms with van der Waals surface area (Å²) >= 11 is 5.19. The molecule has 146 valence electrons. The van der Waals surface area contributed by atoms with E-state index in [-0.39, 0.29) is 19.0 Å². The van der Waals surface area contributed by atoms with Gasteiger partial charge in [0.05, 0.1) is 0 Å². The summed E-state index contributed by atoms with van der Waals surface area (Å²) in [6, 6.07) is 9.32. The third kappa shape index (κ3) is 5.01. The van der Waals surface area contributed by atoms with Gasteiger partial charge in [0.15, 0.2) is 4.77 Å². The van der Waals surface area contributed by atoms with Gasteiger partial charge in [-0.15, -0.1) is 0 Å². The number of pyridine rings is 1. The number of ether oxygens (including phenoxy) is 1. The molecule has 0 saturated heterocycles.